The highest BCUT2D eigenvalue weighted by Crippen LogP contribution is 2.52. The van der Waals surface area contributed by atoms with Crippen molar-refractivity contribution in [3.05, 3.63) is 212 Å². The van der Waals surface area contributed by atoms with Crippen molar-refractivity contribution in [2.24, 2.45) is 0 Å². The number of rotatable bonds is 6. The molecule has 0 unspecified atom stereocenters. The fourth-order valence-electron chi connectivity index (χ4n) is 10.9. The third-order valence-electron chi connectivity index (χ3n) is 13.5. The van der Waals surface area contributed by atoms with Crippen LogP contribution in [0.1, 0.15) is 5.56 Å². The molecule has 4 heteroatoms. The van der Waals surface area contributed by atoms with Crippen LogP contribution in [0, 0.1) is 6.92 Å². The van der Waals surface area contributed by atoms with Gasteiger partial charge in [-0.05, 0) is 75.4 Å². The topological polar surface area (TPSA) is 6.48 Å². The van der Waals surface area contributed by atoms with Crippen LogP contribution in [-0.4, -0.2) is 14.8 Å². The molecule has 3 heterocycles. The van der Waals surface area contributed by atoms with Gasteiger partial charge in [0.15, 0.2) is 0 Å². The maximum atomic E-state index is 2.66. The second kappa shape index (κ2) is 13.7. The fourth-order valence-corrected chi connectivity index (χ4v) is 14.1. The lowest BCUT2D eigenvalue weighted by Gasteiger charge is -2.50. The van der Waals surface area contributed by atoms with E-state index in [-0.39, 0.29) is 6.71 Å². The molecule has 0 amide bonds. The van der Waals surface area contributed by atoms with Crippen LogP contribution in [0.25, 0.3) is 44.5 Å². The first-order valence-electron chi connectivity index (χ1n) is 21.5. The van der Waals surface area contributed by atoms with Crippen LogP contribution in [0.15, 0.2) is 206 Å². The lowest BCUT2D eigenvalue weighted by molar-refractivity contribution is 1.24. The first-order valence-corrected chi connectivity index (χ1v) is 24.5. The van der Waals surface area contributed by atoms with Crippen LogP contribution in [0.2, 0.25) is 13.1 Å². The first kappa shape index (κ1) is 35.8. The minimum Gasteiger partial charge on any atom is -0.310 e. The van der Waals surface area contributed by atoms with E-state index in [1.165, 1.54) is 111 Å². The van der Waals surface area contributed by atoms with Crippen molar-refractivity contribution < 1.29 is 0 Å². The normalized spacial score (nSPS) is 13.9. The molecule has 0 aliphatic carbocycles. The average molecular weight is 795 g/mol. The summed E-state index contributed by atoms with van der Waals surface area (Å²) in [6, 6.07) is 77.0. The van der Waals surface area contributed by atoms with Crippen molar-refractivity contribution in [3.63, 3.8) is 0 Å². The monoisotopic (exact) mass is 794 g/mol. The van der Waals surface area contributed by atoms with Crippen LogP contribution < -0.4 is 36.6 Å². The summed E-state index contributed by atoms with van der Waals surface area (Å²) in [6.45, 7) is 7.52. The van der Waals surface area contributed by atoms with Crippen molar-refractivity contribution in [2.75, 3.05) is 9.80 Å². The molecule has 0 N–H and O–H groups in total. The van der Waals surface area contributed by atoms with E-state index in [1.54, 1.807) is 0 Å². The van der Waals surface area contributed by atoms with E-state index in [4.69, 9.17) is 0 Å². The van der Waals surface area contributed by atoms with E-state index < -0.39 is 8.07 Å². The predicted molar refractivity (Wildman–Crippen MR) is 264 cm³/mol. The summed E-state index contributed by atoms with van der Waals surface area (Å²) < 4.78 is 0. The Morgan fingerprint density at radius 2 is 0.672 bits per heavy atom. The SMILES string of the molecule is Cc1cc2c3c(c1)N(c1c(-c4ccccc4)cccc1-c1ccccc1)c1cccc4c1B3c1c(cccc1[Si]4(C)C)N2c1c(-c2ccccc2)cccc1-c1ccccc1. The molecule has 0 saturated carbocycles. The summed E-state index contributed by atoms with van der Waals surface area (Å²) in [6.07, 6.45) is 0. The van der Waals surface area contributed by atoms with Gasteiger partial charge in [-0.1, -0.05) is 205 Å². The van der Waals surface area contributed by atoms with Crippen molar-refractivity contribution in [1.29, 1.82) is 0 Å². The number of benzene rings is 9. The number of nitrogens with zero attached hydrogens (tertiary/aromatic N) is 2. The van der Waals surface area contributed by atoms with Gasteiger partial charge in [0.05, 0.1) is 11.4 Å². The molecule has 61 heavy (non-hydrogen) atoms. The van der Waals surface area contributed by atoms with Gasteiger partial charge in [0.25, 0.3) is 6.71 Å². The van der Waals surface area contributed by atoms with Crippen LogP contribution in [0.3, 0.4) is 0 Å². The highest BCUT2D eigenvalue weighted by Gasteiger charge is 2.52. The number of para-hydroxylation sites is 2. The highest BCUT2D eigenvalue weighted by atomic mass is 28.3. The third kappa shape index (κ3) is 5.28. The van der Waals surface area contributed by atoms with Crippen molar-refractivity contribution in [1.82, 2.24) is 0 Å². The zero-order valence-electron chi connectivity index (χ0n) is 34.6. The van der Waals surface area contributed by atoms with E-state index in [2.05, 4.69) is 236 Å². The number of hydrogen-bond acceptors (Lipinski definition) is 2. The molecule has 0 radical (unpaired) electrons. The van der Waals surface area contributed by atoms with E-state index in [0.717, 1.165) is 0 Å². The summed E-state index contributed by atoms with van der Waals surface area (Å²) >= 11 is 0. The molecule has 12 rings (SSSR count). The lowest BCUT2D eigenvalue weighted by Crippen LogP contribution is -2.79. The molecule has 9 aromatic carbocycles. The molecule has 2 nitrogen and oxygen atoms in total. The lowest BCUT2D eigenvalue weighted by atomic mass is 9.33. The van der Waals surface area contributed by atoms with Gasteiger partial charge in [-0.2, -0.15) is 0 Å². The summed E-state index contributed by atoms with van der Waals surface area (Å²) in [4.78, 5) is 5.32. The van der Waals surface area contributed by atoms with Crippen molar-refractivity contribution >= 4 is 75.7 Å². The number of aryl methyl sites for hydroxylation is 1. The molecule has 3 aliphatic rings. The number of anilines is 6. The highest BCUT2D eigenvalue weighted by molar-refractivity contribution is 7.16. The van der Waals surface area contributed by atoms with Gasteiger partial charge in [0, 0.05) is 45.0 Å². The standard InChI is InChI=1S/C57H43BN2Si/c1-38-36-49-53-50(37-38)60(57-45(41-24-12-6-13-25-41)30-17-31-46(57)42-26-14-7-15-27-42)48-33-19-35-52-55(48)58(53)54-47(32-18-34-51(54)61(52,2)3)59(49)56-43(39-20-8-4-9-21-39)28-16-29-44(56)40-22-10-5-11-23-40/h4-37H,1-3H3. The maximum absolute atomic E-state index is 2.66. The van der Waals surface area contributed by atoms with E-state index in [9.17, 15) is 0 Å². The predicted octanol–water partition coefficient (Wildman–Crippen LogP) is 11.9. The van der Waals surface area contributed by atoms with Crippen molar-refractivity contribution in [3.8, 4) is 44.5 Å². The Morgan fingerprint density at radius 1 is 0.344 bits per heavy atom. The van der Waals surface area contributed by atoms with Crippen LogP contribution in [0.4, 0.5) is 34.1 Å². The van der Waals surface area contributed by atoms with Gasteiger partial charge >= 0.3 is 0 Å². The maximum Gasteiger partial charge on any atom is 0.251 e. The minimum absolute atomic E-state index is 0.0872. The summed E-state index contributed by atoms with van der Waals surface area (Å²) in [7, 11) is -2.25. The molecule has 0 aromatic heterocycles. The zero-order chi connectivity index (χ0) is 40.8. The molecule has 0 bridgehead atoms. The average Bonchev–Trinajstić information content (AvgIpc) is 3.31. The Balaban J connectivity index is 1.25. The largest absolute Gasteiger partial charge is 0.310 e. The molecular weight excluding hydrogens is 752 g/mol. The van der Waals surface area contributed by atoms with Crippen LogP contribution >= 0.6 is 0 Å². The zero-order valence-corrected chi connectivity index (χ0v) is 35.6. The van der Waals surface area contributed by atoms with Crippen LogP contribution in [-0.2, 0) is 0 Å². The first-order chi connectivity index (χ1) is 30.0. The minimum atomic E-state index is -2.25. The quantitative estimate of drug-likeness (QED) is 0.155. The Hall–Kier alpha value is -7.14. The molecule has 288 valence electrons. The Morgan fingerprint density at radius 3 is 1.02 bits per heavy atom. The van der Waals surface area contributed by atoms with E-state index in [0.29, 0.717) is 0 Å². The number of hydrogen-bond donors (Lipinski definition) is 0. The smallest absolute Gasteiger partial charge is 0.251 e. The second-order valence-electron chi connectivity index (χ2n) is 17.3. The Kier molecular flexibility index (Phi) is 8.04. The van der Waals surface area contributed by atoms with Crippen LogP contribution in [0.5, 0.6) is 0 Å². The van der Waals surface area contributed by atoms with Gasteiger partial charge in [0.1, 0.15) is 8.07 Å². The van der Waals surface area contributed by atoms with Crippen molar-refractivity contribution in [2.45, 2.75) is 20.0 Å². The molecule has 0 atom stereocenters. The molecule has 3 aliphatic heterocycles. The van der Waals surface area contributed by atoms with Gasteiger partial charge in [-0.15, -0.1) is 0 Å². The van der Waals surface area contributed by atoms with Gasteiger partial charge in [-0.25, -0.2) is 0 Å². The van der Waals surface area contributed by atoms with Gasteiger partial charge in [0.2, 0.25) is 0 Å². The molecule has 0 fully saturated rings. The fraction of sp³-hybridized carbons (Fsp3) is 0.0526. The molecule has 0 saturated heterocycles. The second-order valence-corrected chi connectivity index (χ2v) is 21.6. The van der Waals surface area contributed by atoms with Gasteiger partial charge < -0.3 is 9.80 Å². The molecule has 0 spiro atoms. The van der Waals surface area contributed by atoms with E-state index >= 15 is 0 Å². The molecular formula is C57H43BN2Si. The summed E-state index contributed by atoms with van der Waals surface area (Å²) in [5.41, 5.74) is 22.7. The van der Waals surface area contributed by atoms with Gasteiger partial charge in [-0.3, -0.25) is 0 Å². The van der Waals surface area contributed by atoms with E-state index in [1.807, 2.05) is 0 Å². The summed E-state index contributed by atoms with van der Waals surface area (Å²) in [5, 5.41) is 3.06. The Bertz CT molecular complexity index is 2860. The Labute approximate surface area is 360 Å². The molecule has 9 aromatic rings. The third-order valence-corrected chi connectivity index (χ3v) is 17.0. The summed E-state index contributed by atoms with van der Waals surface area (Å²) in [5.74, 6) is 0.